The quantitative estimate of drug-likeness (QED) is 0.778. The van der Waals surface area contributed by atoms with Gasteiger partial charge in [-0.3, -0.25) is 14.3 Å². The minimum Gasteiger partial charge on any atom is -0.480 e. The van der Waals surface area contributed by atoms with Gasteiger partial charge < -0.3 is 10.1 Å². The molecule has 6 heteroatoms. The average molecular weight is 363 g/mol. The summed E-state index contributed by atoms with van der Waals surface area (Å²) in [6, 6.07) is 17.0. The van der Waals surface area contributed by atoms with Crippen LogP contribution in [0.2, 0.25) is 0 Å². The van der Waals surface area contributed by atoms with Gasteiger partial charge in [0, 0.05) is 18.5 Å². The van der Waals surface area contributed by atoms with Crippen molar-refractivity contribution < 1.29 is 9.53 Å². The van der Waals surface area contributed by atoms with Crippen LogP contribution < -0.4 is 15.6 Å². The third-order valence-corrected chi connectivity index (χ3v) is 5.18. The van der Waals surface area contributed by atoms with Gasteiger partial charge in [0.15, 0.2) is 6.10 Å². The lowest BCUT2D eigenvalue weighted by molar-refractivity contribution is -0.122. The van der Waals surface area contributed by atoms with Crippen LogP contribution >= 0.6 is 0 Å². The number of hydrogen-bond acceptors (Lipinski definition) is 3. The molecule has 0 radical (unpaired) electrons. The topological polar surface area (TPSA) is 65.3 Å². The van der Waals surface area contributed by atoms with Crippen molar-refractivity contribution in [1.82, 2.24) is 9.36 Å². The summed E-state index contributed by atoms with van der Waals surface area (Å²) in [5.41, 5.74) is 2.44. The molecule has 4 rings (SSSR count). The maximum atomic E-state index is 12.9. The average Bonchev–Trinajstić information content (AvgIpc) is 3.12. The summed E-state index contributed by atoms with van der Waals surface area (Å²) in [4.78, 5) is 25.8. The number of benzene rings is 2. The van der Waals surface area contributed by atoms with Crippen molar-refractivity contribution in [3.63, 3.8) is 0 Å². The molecule has 1 N–H and O–H groups in total. The predicted octanol–water partition coefficient (Wildman–Crippen LogP) is 2.99. The van der Waals surface area contributed by atoms with Crippen molar-refractivity contribution >= 4 is 11.6 Å². The maximum absolute atomic E-state index is 12.9. The Bertz CT molecular complexity index is 1070. The number of carbonyl (C=O) groups is 1. The molecule has 27 heavy (non-hydrogen) atoms. The molecule has 2 atom stereocenters. The largest absolute Gasteiger partial charge is 0.480 e. The maximum Gasteiger partial charge on any atom is 0.295 e. The summed E-state index contributed by atoms with van der Waals surface area (Å²) < 4.78 is 9.10. The number of fused-ring (bicyclic) bond motifs is 1. The molecule has 1 aliphatic rings. The second-order valence-electron chi connectivity index (χ2n) is 6.79. The van der Waals surface area contributed by atoms with Crippen LogP contribution in [0.15, 0.2) is 59.4 Å². The molecule has 6 nitrogen and oxygen atoms in total. The summed E-state index contributed by atoms with van der Waals surface area (Å²) in [6.45, 7) is 3.76. The SMILES string of the molecule is Cc1c(NC(=O)C2Oc3ccccc3C2C)c(=O)n(-c2ccccc2)n1C. The van der Waals surface area contributed by atoms with Crippen LogP contribution in [-0.4, -0.2) is 21.4 Å². The monoisotopic (exact) mass is 363 g/mol. The molecule has 0 bridgehead atoms. The second kappa shape index (κ2) is 6.46. The molecule has 0 saturated carbocycles. The van der Waals surface area contributed by atoms with Crippen LogP contribution in [0.3, 0.4) is 0 Å². The molecule has 0 spiro atoms. The fourth-order valence-corrected chi connectivity index (χ4v) is 3.55. The van der Waals surface area contributed by atoms with Gasteiger partial charge >= 0.3 is 0 Å². The zero-order valence-electron chi connectivity index (χ0n) is 15.5. The third kappa shape index (κ3) is 2.73. The smallest absolute Gasteiger partial charge is 0.295 e. The Labute approximate surface area is 157 Å². The van der Waals surface area contributed by atoms with Crippen LogP contribution in [-0.2, 0) is 11.8 Å². The van der Waals surface area contributed by atoms with Crippen molar-refractivity contribution in [2.45, 2.75) is 25.9 Å². The summed E-state index contributed by atoms with van der Waals surface area (Å²) in [7, 11) is 1.80. The Morgan fingerprint density at radius 2 is 1.74 bits per heavy atom. The highest BCUT2D eigenvalue weighted by Gasteiger charge is 2.36. The predicted molar refractivity (Wildman–Crippen MR) is 104 cm³/mol. The molecule has 2 aromatic carbocycles. The fourth-order valence-electron chi connectivity index (χ4n) is 3.55. The van der Waals surface area contributed by atoms with Crippen LogP contribution in [0, 0.1) is 6.92 Å². The lowest BCUT2D eigenvalue weighted by atomic mass is 9.97. The van der Waals surface area contributed by atoms with E-state index in [4.69, 9.17) is 4.74 Å². The van der Waals surface area contributed by atoms with Crippen molar-refractivity contribution in [3.8, 4) is 11.4 Å². The van der Waals surface area contributed by atoms with Crippen molar-refractivity contribution in [1.29, 1.82) is 0 Å². The number of carbonyl (C=O) groups excluding carboxylic acids is 1. The van der Waals surface area contributed by atoms with E-state index in [-0.39, 0.29) is 23.1 Å². The summed E-state index contributed by atoms with van der Waals surface area (Å²) in [5, 5.41) is 2.80. The van der Waals surface area contributed by atoms with Gasteiger partial charge in [0.1, 0.15) is 11.4 Å². The Morgan fingerprint density at radius 1 is 1.07 bits per heavy atom. The highest BCUT2D eigenvalue weighted by Crippen LogP contribution is 2.38. The first-order valence-corrected chi connectivity index (χ1v) is 8.89. The van der Waals surface area contributed by atoms with Gasteiger partial charge in [-0.2, -0.15) is 0 Å². The Morgan fingerprint density at radius 3 is 2.44 bits per heavy atom. The number of ether oxygens (including phenoxy) is 1. The summed E-state index contributed by atoms with van der Waals surface area (Å²) in [5.74, 6) is 0.322. The van der Waals surface area contributed by atoms with Crippen LogP contribution in [0.5, 0.6) is 5.75 Å². The molecule has 3 aromatic rings. The molecule has 2 heterocycles. The van der Waals surface area contributed by atoms with Gasteiger partial charge in [-0.05, 0) is 25.1 Å². The number of anilines is 1. The molecule has 0 saturated heterocycles. The first-order chi connectivity index (χ1) is 13.0. The van der Waals surface area contributed by atoms with E-state index < -0.39 is 6.10 Å². The zero-order chi connectivity index (χ0) is 19.1. The van der Waals surface area contributed by atoms with Gasteiger partial charge in [-0.1, -0.05) is 43.3 Å². The molecule has 1 amide bonds. The van der Waals surface area contributed by atoms with Crippen LogP contribution in [0.4, 0.5) is 5.69 Å². The third-order valence-electron chi connectivity index (χ3n) is 5.18. The number of amides is 1. The Kier molecular flexibility index (Phi) is 4.11. The van der Waals surface area contributed by atoms with E-state index in [1.165, 1.54) is 0 Å². The lowest BCUT2D eigenvalue weighted by Gasteiger charge is -2.14. The van der Waals surface area contributed by atoms with Crippen molar-refractivity contribution in [2.75, 3.05) is 5.32 Å². The second-order valence-corrected chi connectivity index (χ2v) is 6.79. The first kappa shape index (κ1) is 17.1. The molecule has 138 valence electrons. The molecule has 0 aliphatic carbocycles. The highest BCUT2D eigenvalue weighted by atomic mass is 16.5. The molecule has 2 unspecified atom stereocenters. The molecular formula is C21H21N3O3. The van der Waals surface area contributed by atoms with E-state index in [1.54, 1.807) is 16.4 Å². The van der Waals surface area contributed by atoms with Gasteiger partial charge in [-0.25, -0.2) is 4.68 Å². The van der Waals surface area contributed by atoms with Gasteiger partial charge in [-0.15, -0.1) is 0 Å². The minimum atomic E-state index is -0.661. The highest BCUT2D eigenvalue weighted by molar-refractivity contribution is 5.96. The number of nitrogens with one attached hydrogen (secondary N) is 1. The lowest BCUT2D eigenvalue weighted by Crippen LogP contribution is -2.35. The van der Waals surface area contributed by atoms with Gasteiger partial charge in [0.2, 0.25) is 0 Å². The standard InChI is InChI=1S/C21H21N3O3/c1-13-16-11-7-8-12-17(16)27-19(13)20(25)22-18-14(2)23(3)24(21(18)26)15-9-5-4-6-10-15/h4-13,19H,1-3H3,(H,22,25). The zero-order valence-corrected chi connectivity index (χ0v) is 15.5. The number of nitrogens with zero attached hydrogens (tertiary/aromatic N) is 2. The van der Waals surface area contributed by atoms with Crippen molar-refractivity contribution in [3.05, 3.63) is 76.2 Å². The molecule has 0 fully saturated rings. The van der Waals surface area contributed by atoms with E-state index in [1.807, 2.05) is 68.4 Å². The normalized spacial score (nSPS) is 18.0. The minimum absolute atomic E-state index is 0.0819. The van der Waals surface area contributed by atoms with Crippen molar-refractivity contribution in [2.24, 2.45) is 7.05 Å². The van der Waals surface area contributed by atoms with Gasteiger partial charge in [0.25, 0.3) is 11.5 Å². The fraction of sp³-hybridized carbons (Fsp3) is 0.238. The Balaban J connectivity index is 1.65. The molecule has 1 aromatic heterocycles. The first-order valence-electron chi connectivity index (χ1n) is 8.89. The van der Waals surface area contributed by atoms with Crippen LogP contribution in [0.25, 0.3) is 5.69 Å². The molecular weight excluding hydrogens is 342 g/mol. The number of aromatic nitrogens is 2. The van der Waals surface area contributed by atoms with E-state index >= 15 is 0 Å². The van der Waals surface area contributed by atoms with E-state index in [0.29, 0.717) is 5.69 Å². The number of para-hydroxylation sites is 2. The van der Waals surface area contributed by atoms with Crippen LogP contribution in [0.1, 0.15) is 24.1 Å². The summed E-state index contributed by atoms with van der Waals surface area (Å²) >= 11 is 0. The molecule has 1 aliphatic heterocycles. The van der Waals surface area contributed by atoms with Gasteiger partial charge in [0.05, 0.1) is 11.4 Å². The van der Waals surface area contributed by atoms with E-state index in [0.717, 1.165) is 17.0 Å². The Hall–Kier alpha value is -3.28. The van der Waals surface area contributed by atoms with E-state index in [9.17, 15) is 9.59 Å². The number of hydrogen-bond donors (Lipinski definition) is 1. The van der Waals surface area contributed by atoms with E-state index in [2.05, 4.69) is 5.32 Å². The summed E-state index contributed by atoms with van der Waals surface area (Å²) in [6.07, 6.45) is -0.661. The number of rotatable bonds is 3.